The van der Waals surface area contributed by atoms with Gasteiger partial charge in [0.2, 0.25) is 5.91 Å². The first-order valence-electron chi connectivity index (χ1n) is 7.11. The molecule has 0 radical (unpaired) electrons. The standard InChI is InChI=1S/C14H26N2O/c1-14(2)8-4-10-16(14)13(17)7-6-12-5-3-9-15-11-12/h12,15H,3-11H2,1-2H3. The minimum Gasteiger partial charge on any atom is -0.338 e. The smallest absolute Gasteiger partial charge is 0.223 e. The van der Waals surface area contributed by atoms with Gasteiger partial charge in [-0.15, -0.1) is 0 Å². The van der Waals surface area contributed by atoms with E-state index in [9.17, 15) is 4.79 Å². The first kappa shape index (κ1) is 12.9. The summed E-state index contributed by atoms with van der Waals surface area (Å²) < 4.78 is 0. The average molecular weight is 238 g/mol. The summed E-state index contributed by atoms with van der Waals surface area (Å²) in [6, 6.07) is 0. The number of carbonyl (C=O) groups is 1. The summed E-state index contributed by atoms with van der Waals surface area (Å²) in [5.74, 6) is 1.09. The number of piperidine rings is 1. The van der Waals surface area contributed by atoms with Gasteiger partial charge in [-0.05, 0) is 65.0 Å². The van der Waals surface area contributed by atoms with Crippen molar-refractivity contribution in [3.05, 3.63) is 0 Å². The molecule has 2 fully saturated rings. The van der Waals surface area contributed by atoms with Crippen LogP contribution in [0.5, 0.6) is 0 Å². The van der Waals surface area contributed by atoms with Crippen molar-refractivity contribution in [3.8, 4) is 0 Å². The normalized spacial score (nSPS) is 28.4. The van der Waals surface area contributed by atoms with Crippen LogP contribution in [0.2, 0.25) is 0 Å². The summed E-state index contributed by atoms with van der Waals surface area (Å²) >= 11 is 0. The van der Waals surface area contributed by atoms with Gasteiger partial charge in [0.15, 0.2) is 0 Å². The van der Waals surface area contributed by atoms with Crippen LogP contribution in [-0.2, 0) is 4.79 Å². The fourth-order valence-electron chi connectivity index (χ4n) is 3.20. The SMILES string of the molecule is CC1(C)CCCN1C(=O)CCC1CCCNC1. The van der Waals surface area contributed by atoms with E-state index in [1.807, 2.05) is 0 Å². The van der Waals surface area contributed by atoms with E-state index in [1.165, 1.54) is 19.3 Å². The number of carbonyl (C=O) groups excluding carboxylic acids is 1. The lowest BCUT2D eigenvalue weighted by atomic mass is 9.94. The molecule has 3 nitrogen and oxygen atoms in total. The van der Waals surface area contributed by atoms with Crippen molar-refractivity contribution in [1.82, 2.24) is 10.2 Å². The van der Waals surface area contributed by atoms with Crippen LogP contribution in [-0.4, -0.2) is 36.0 Å². The van der Waals surface area contributed by atoms with E-state index in [0.29, 0.717) is 5.91 Å². The van der Waals surface area contributed by atoms with E-state index >= 15 is 0 Å². The molecule has 0 aromatic heterocycles. The Kier molecular flexibility index (Phi) is 4.08. The van der Waals surface area contributed by atoms with E-state index in [0.717, 1.165) is 44.8 Å². The van der Waals surface area contributed by atoms with Crippen LogP contribution in [0.25, 0.3) is 0 Å². The topological polar surface area (TPSA) is 32.3 Å². The fraction of sp³-hybridized carbons (Fsp3) is 0.929. The minimum absolute atomic E-state index is 0.0991. The summed E-state index contributed by atoms with van der Waals surface area (Å²) in [5, 5.41) is 3.42. The third kappa shape index (κ3) is 3.21. The monoisotopic (exact) mass is 238 g/mol. The summed E-state index contributed by atoms with van der Waals surface area (Å²) in [6.45, 7) is 7.62. The molecular weight excluding hydrogens is 212 g/mol. The van der Waals surface area contributed by atoms with Gasteiger partial charge < -0.3 is 10.2 Å². The molecule has 17 heavy (non-hydrogen) atoms. The van der Waals surface area contributed by atoms with Crippen molar-refractivity contribution in [2.75, 3.05) is 19.6 Å². The lowest BCUT2D eigenvalue weighted by Gasteiger charge is -2.32. The Hall–Kier alpha value is -0.570. The quantitative estimate of drug-likeness (QED) is 0.817. The molecule has 2 heterocycles. The second kappa shape index (κ2) is 5.38. The van der Waals surface area contributed by atoms with Crippen molar-refractivity contribution in [2.45, 2.75) is 57.9 Å². The van der Waals surface area contributed by atoms with Crippen molar-refractivity contribution >= 4 is 5.91 Å². The first-order chi connectivity index (χ1) is 8.09. The molecule has 0 aromatic carbocycles. The van der Waals surface area contributed by atoms with Gasteiger partial charge in [0.05, 0.1) is 0 Å². The van der Waals surface area contributed by atoms with Crippen LogP contribution in [0.4, 0.5) is 0 Å². The second-order valence-electron chi connectivity index (χ2n) is 6.21. The van der Waals surface area contributed by atoms with E-state index in [4.69, 9.17) is 0 Å². The van der Waals surface area contributed by atoms with Gasteiger partial charge in [-0.3, -0.25) is 4.79 Å². The number of amides is 1. The lowest BCUT2D eigenvalue weighted by molar-refractivity contribution is -0.134. The number of hydrogen-bond acceptors (Lipinski definition) is 2. The predicted octanol–water partition coefficient (Wildman–Crippen LogP) is 2.17. The maximum atomic E-state index is 12.2. The fourth-order valence-corrected chi connectivity index (χ4v) is 3.20. The van der Waals surface area contributed by atoms with Crippen LogP contribution in [0.1, 0.15) is 52.4 Å². The Morgan fingerprint density at radius 3 is 2.82 bits per heavy atom. The van der Waals surface area contributed by atoms with Crippen LogP contribution in [0.3, 0.4) is 0 Å². The molecule has 2 aliphatic rings. The van der Waals surface area contributed by atoms with Crippen LogP contribution in [0, 0.1) is 5.92 Å². The van der Waals surface area contributed by atoms with Crippen molar-refractivity contribution in [3.63, 3.8) is 0 Å². The van der Waals surface area contributed by atoms with Gasteiger partial charge in [0, 0.05) is 18.5 Å². The highest BCUT2D eigenvalue weighted by Gasteiger charge is 2.35. The largest absolute Gasteiger partial charge is 0.338 e. The van der Waals surface area contributed by atoms with E-state index in [2.05, 4.69) is 24.1 Å². The van der Waals surface area contributed by atoms with Gasteiger partial charge in [0.1, 0.15) is 0 Å². The summed E-state index contributed by atoms with van der Waals surface area (Å²) in [7, 11) is 0. The minimum atomic E-state index is 0.0991. The molecule has 1 N–H and O–H groups in total. The van der Waals surface area contributed by atoms with Gasteiger partial charge in [-0.2, -0.15) is 0 Å². The highest BCUT2D eigenvalue weighted by molar-refractivity contribution is 5.77. The number of nitrogens with zero attached hydrogens (tertiary/aromatic N) is 1. The Morgan fingerprint density at radius 1 is 1.41 bits per heavy atom. The Balaban J connectivity index is 1.77. The maximum Gasteiger partial charge on any atom is 0.223 e. The molecule has 0 spiro atoms. The second-order valence-corrected chi connectivity index (χ2v) is 6.21. The number of rotatable bonds is 3. The molecule has 1 amide bonds. The molecule has 0 bridgehead atoms. The molecule has 1 atom stereocenters. The molecule has 98 valence electrons. The van der Waals surface area contributed by atoms with Gasteiger partial charge in [0.25, 0.3) is 0 Å². The number of likely N-dealkylation sites (tertiary alicyclic amines) is 1. The van der Waals surface area contributed by atoms with E-state index in [1.54, 1.807) is 0 Å². The van der Waals surface area contributed by atoms with Gasteiger partial charge in [-0.1, -0.05) is 0 Å². The molecule has 2 rings (SSSR count). The van der Waals surface area contributed by atoms with Gasteiger partial charge >= 0.3 is 0 Å². The Bertz CT molecular complexity index is 269. The zero-order chi connectivity index (χ0) is 12.3. The van der Waals surface area contributed by atoms with Gasteiger partial charge in [-0.25, -0.2) is 0 Å². The van der Waals surface area contributed by atoms with Crippen molar-refractivity contribution in [1.29, 1.82) is 0 Å². The lowest BCUT2D eigenvalue weighted by Crippen LogP contribution is -2.43. The zero-order valence-corrected chi connectivity index (χ0v) is 11.3. The molecule has 0 aliphatic carbocycles. The van der Waals surface area contributed by atoms with E-state index < -0.39 is 0 Å². The highest BCUT2D eigenvalue weighted by atomic mass is 16.2. The maximum absolute atomic E-state index is 12.2. The van der Waals surface area contributed by atoms with Crippen molar-refractivity contribution in [2.24, 2.45) is 5.92 Å². The molecular formula is C14H26N2O. The van der Waals surface area contributed by atoms with Crippen LogP contribution in [0.15, 0.2) is 0 Å². The van der Waals surface area contributed by atoms with E-state index in [-0.39, 0.29) is 5.54 Å². The average Bonchev–Trinajstić information content (AvgIpc) is 2.67. The molecule has 3 heteroatoms. The Labute approximate surface area is 105 Å². The Morgan fingerprint density at radius 2 is 2.24 bits per heavy atom. The molecule has 0 aromatic rings. The molecule has 2 aliphatic heterocycles. The summed E-state index contributed by atoms with van der Waals surface area (Å²) in [6.07, 6.45) is 6.71. The predicted molar refractivity (Wildman–Crippen MR) is 69.9 cm³/mol. The van der Waals surface area contributed by atoms with Crippen LogP contribution >= 0.6 is 0 Å². The molecule has 2 saturated heterocycles. The van der Waals surface area contributed by atoms with Crippen molar-refractivity contribution < 1.29 is 4.79 Å². The third-order valence-electron chi connectivity index (χ3n) is 4.37. The highest BCUT2D eigenvalue weighted by Crippen LogP contribution is 2.29. The third-order valence-corrected chi connectivity index (χ3v) is 4.37. The molecule has 0 saturated carbocycles. The first-order valence-corrected chi connectivity index (χ1v) is 7.11. The molecule has 1 unspecified atom stereocenters. The van der Waals surface area contributed by atoms with Crippen LogP contribution < -0.4 is 5.32 Å². The summed E-state index contributed by atoms with van der Waals surface area (Å²) in [5.41, 5.74) is 0.0991. The number of hydrogen-bond donors (Lipinski definition) is 1. The zero-order valence-electron chi connectivity index (χ0n) is 11.3. The number of nitrogens with one attached hydrogen (secondary N) is 1. The summed E-state index contributed by atoms with van der Waals surface area (Å²) in [4.78, 5) is 14.3.